The Kier molecular flexibility index (Phi) is 5.07. The number of aromatic nitrogens is 2. The highest BCUT2D eigenvalue weighted by atomic mass is 35.5. The second kappa shape index (κ2) is 7.79. The van der Waals surface area contributed by atoms with Crippen LogP contribution in [-0.4, -0.2) is 40.5 Å². The molecule has 0 bridgehead atoms. The van der Waals surface area contributed by atoms with Crippen molar-refractivity contribution in [1.29, 1.82) is 0 Å². The average Bonchev–Trinajstić information content (AvgIpc) is 2.66. The molecule has 3 aromatic rings. The minimum atomic E-state index is -1.74. The van der Waals surface area contributed by atoms with Gasteiger partial charge in [0.05, 0.1) is 19.2 Å². The van der Waals surface area contributed by atoms with Gasteiger partial charge in [0.1, 0.15) is 0 Å². The van der Waals surface area contributed by atoms with Crippen molar-refractivity contribution in [2.45, 2.75) is 19.4 Å². The molecule has 0 saturated carbocycles. The lowest BCUT2D eigenvalue weighted by atomic mass is 10.1. The summed E-state index contributed by atoms with van der Waals surface area (Å²) in [4.78, 5) is 23.1. The van der Waals surface area contributed by atoms with E-state index in [1.165, 1.54) is 4.90 Å². The van der Waals surface area contributed by atoms with E-state index in [0.717, 1.165) is 5.39 Å². The van der Waals surface area contributed by atoms with Crippen LogP contribution in [0.25, 0.3) is 22.2 Å². The molecular weight excluding hydrogens is 353 g/mol. The summed E-state index contributed by atoms with van der Waals surface area (Å²) < 4.78 is 20.1. The number of amides is 1. The fourth-order valence-electron chi connectivity index (χ4n) is 2.68. The highest BCUT2D eigenvalue weighted by molar-refractivity contribution is 6.33. The molecule has 0 radical (unpaired) electrons. The maximum atomic E-state index is 13.0. The number of fused-ring (bicyclic) bond motifs is 1. The Morgan fingerprint density at radius 1 is 1.23 bits per heavy atom. The lowest BCUT2D eigenvalue weighted by Crippen LogP contribution is -2.36. The van der Waals surface area contributed by atoms with Crippen LogP contribution in [0.3, 0.4) is 0 Å². The zero-order valence-corrected chi connectivity index (χ0v) is 15.2. The molecule has 0 aliphatic carbocycles. The van der Waals surface area contributed by atoms with Crippen LogP contribution in [0.5, 0.6) is 0 Å². The van der Waals surface area contributed by atoms with Crippen molar-refractivity contribution < 1.29 is 10.6 Å². The number of alkyl halides is 1. The van der Waals surface area contributed by atoms with E-state index in [9.17, 15) is 9.18 Å². The van der Waals surface area contributed by atoms with Crippen molar-refractivity contribution in [1.82, 2.24) is 14.9 Å². The Bertz CT molecular complexity index is 982. The fourth-order valence-corrected chi connectivity index (χ4v) is 2.90. The van der Waals surface area contributed by atoms with E-state index in [2.05, 4.69) is 9.97 Å². The van der Waals surface area contributed by atoms with Gasteiger partial charge in [-0.25, -0.2) is 9.97 Å². The third-order valence-electron chi connectivity index (χ3n) is 4.34. The van der Waals surface area contributed by atoms with E-state index < -0.39 is 18.6 Å². The fraction of sp³-hybridized carbons (Fsp3) is 0.250. The lowest BCUT2D eigenvalue weighted by molar-refractivity contribution is 0.0720. The zero-order chi connectivity index (χ0) is 19.6. The van der Waals surface area contributed by atoms with Gasteiger partial charge in [0.2, 0.25) is 5.82 Å². The minimum Gasteiger partial charge on any atom is -0.336 e. The van der Waals surface area contributed by atoms with Gasteiger partial charge in [-0.05, 0) is 25.5 Å². The Hall–Kier alpha value is -2.53. The molecule has 134 valence electrons. The monoisotopic (exact) mass is 372 g/mol. The summed E-state index contributed by atoms with van der Waals surface area (Å²) >= 11 is 6.34. The van der Waals surface area contributed by atoms with Crippen LogP contribution in [0.15, 0.2) is 48.5 Å². The number of nitrogens with zero attached hydrogens (tertiary/aromatic N) is 3. The van der Waals surface area contributed by atoms with Gasteiger partial charge in [0.25, 0.3) is 5.91 Å². The van der Waals surface area contributed by atoms with Gasteiger partial charge < -0.3 is 4.90 Å². The first-order valence-corrected chi connectivity index (χ1v) is 8.61. The van der Waals surface area contributed by atoms with Crippen LogP contribution in [0.2, 0.25) is 5.02 Å². The first-order valence-electron chi connectivity index (χ1n) is 8.81. The molecule has 1 amide bonds. The van der Waals surface area contributed by atoms with Crippen LogP contribution in [0.1, 0.15) is 25.3 Å². The van der Waals surface area contributed by atoms with E-state index in [-0.39, 0.29) is 12.2 Å². The largest absolute Gasteiger partial charge is 0.336 e. The average molecular weight is 373 g/mol. The molecular formula is C20H19ClFN3O. The minimum absolute atomic E-state index is 0.0124. The Balaban J connectivity index is 2.10. The van der Waals surface area contributed by atoms with Gasteiger partial charge >= 0.3 is 0 Å². The molecule has 0 N–H and O–H groups in total. The predicted molar refractivity (Wildman–Crippen MR) is 102 cm³/mol. The Morgan fingerprint density at radius 3 is 2.65 bits per heavy atom. The summed E-state index contributed by atoms with van der Waals surface area (Å²) in [5.41, 5.74) is 1.90. The topological polar surface area (TPSA) is 46.1 Å². The van der Waals surface area contributed by atoms with E-state index in [0.29, 0.717) is 21.8 Å². The SMILES string of the molecule is [2H]C(F)C[C@@H](C)N(C)C(=O)c1nc(-c2ccccc2Cl)c2ccccc2n1. The number of hydrogen-bond donors (Lipinski definition) is 0. The van der Waals surface area contributed by atoms with Gasteiger partial charge in [-0.3, -0.25) is 9.18 Å². The number of benzene rings is 2. The molecule has 3 rings (SSSR count). The van der Waals surface area contributed by atoms with Gasteiger partial charge in [0, 0.05) is 29.1 Å². The van der Waals surface area contributed by atoms with E-state index in [1.54, 1.807) is 26.1 Å². The second-order valence-corrected chi connectivity index (χ2v) is 6.46. The standard InChI is InChI=1S/C20H19ClFN3O/c1-13(11-12-22)25(2)20(26)19-23-17-10-6-4-8-15(17)18(24-19)14-7-3-5-9-16(14)21/h3-10,13H,11-12H2,1-2H3/t13-/m1/s1/i12D/t12?,13-. The Labute approximate surface area is 158 Å². The number of carbonyl (C=O) groups excluding carboxylic acids is 1. The number of rotatable bonds is 5. The predicted octanol–water partition coefficient (Wildman–Crippen LogP) is 4.77. The second-order valence-electron chi connectivity index (χ2n) is 6.05. The summed E-state index contributed by atoms with van der Waals surface area (Å²) in [6.45, 7) is -0.0545. The first kappa shape index (κ1) is 16.9. The maximum Gasteiger partial charge on any atom is 0.291 e. The van der Waals surface area contributed by atoms with Crippen molar-refractivity contribution in [2.75, 3.05) is 13.7 Å². The van der Waals surface area contributed by atoms with E-state index in [4.69, 9.17) is 13.0 Å². The molecule has 4 nitrogen and oxygen atoms in total. The number of carbonyl (C=O) groups is 1. The van der Waals surface area contributed by atoms with Crippen molar-refractivity contribution in [3.05, 3.63) is 59.4 Å². The third-order valence-corrected chi connectivity index (χ3v) is 4.66. The molecule has 1 aromatic heterocycles. The molecule has 0 aliphatic heterocycles. The van der Waals surface area contributed by atoms with Crippen molar-refractivity contribution in [2.24, 2.45) is 0 Å². The van der Waals surface area contributed by atoms with Crippen molar-refractivity contribution >= 4 is 28.4 Å². The quantitative estimate of drug-likeness (QED) is 0.648. The molecule has 6 heteroatoms. The maximum absolute atomic E-state index is 13.0. The van der Waals surface area contributed by atoms with Crippen molar-refractivity contribution in [3.63, 3.8) is 0 Å². The van der Waals surface area contributed by atoms with Crippen LogP contribution < -0.4 is 0 Å². The van der Waals surface area contributed by atoms with Crippen molar-refractivity contribution in [3.8, 4) is 11.3 Å². The van der Waals surface area contributed by atoms with Crippen LogP contribution in [0, 0.1) is 0 Å². The summed E-state index contributed by atoms with van der Waals surface area (Å²) in [5.74, 6) is -0.416. The van der Waals surface area contributed by atoms with Gasteiger partial charge in [-0.1, -0.05) is 48.0 Å². The van der Waals surface area contributed by atoms with Gasteiger partial charge in [-0.15, -0.1) is 0 Å². The van der Waals surface area contributed by atoms with Crippen LogP contribution in [-0.2, 0) is 0 Å². The van der Waals surface area contributed by atoms with E-state index in [1.807, 2.05) is 36.4 Å². The molecule has 0 saturated heterocycles. The third kappa shape index (κ3) is 3.53. The van der Waals surface area contributed by atoms with Crippen LogP contribution >= 0.6 is 11.6 Å². The zero-order valence-electron chi connectivity index (χ0n) is 15.5. The Morgan fingerprint density at radius 2 is 1.92 bits per heavy atom. The number of halogens is 2. The first-order chi connectivity index (χ1) is 12.9. The summed E-state index contributed by atoms with van der Waals surface area (Å²) in [6.07, 6.45) is -0.0762. The molecule has 0 aliphatic rings. The van der Waals surface area contributed by atoms with Gasteiger partial charge in [0.15, 0.2) is 0 Å². The normalized spacial score (nSPS) is 13.9. The molecule has 1 heterocycles. The molecule has 2 aromatic carbocycles. The highest BCUT2D eigenvalue weighted by Crippen LogP contribution is 2.31. The molecule has 0 spiro atoms. The molecule has 0 fully saturated rings. The summed E-state index contributed by atoms with van der Waals surface area (Å²) in [5, 5.41) is 1.31. The molecule has 1 unspecified atom stereocenters. The lowest BCUT2D eigenvalue weighted by Gasteiger charge is -2.23. The molecule has 26 heavy (non-hydrogen) atoms. The van der Waals surface area contributed by atoms with E-state index >= 15 is 0 Å². The van der Waals surface area contributed by atoms with Gasteiger partial charge in [-0.2, -0.15) is 0 Å². The number of para-hydroxylation sites is 1. The summed E-state index contributed by atoms with van der Waals surface area (Å²) in [7, 11) is 1.56. The highest BCUT2D eigenvalue weighted by Gasteiger charge is 2.22. The molecule has 2 atom stereocenters. The summed E-state index contributed by atoms with van der Waals surface area (Å²) in [6, 6.07) is 14.2. The van der Waals surface area contributed by atoms with Crippen LogP contribution in [0.4, 0.5) is 4.39 Å². The smallest absolute Gasteiger partial charge is 0.291 e. The number of hydrogen-bond acceptors (Lipinski definition) is 3.